The zero-order chi connectivity index (χ0) is 16.3. The summed E-state index contributed by atoms with van der Waals surface area (Å²) in [6.45, 7) is 10.2. The van der Waals surface area contributed by atoms with Gasteiger partial charge in [-0.15, -0.1) is 6.58 Å². The third-order valence-electron chi connectivity index (χ3n) is 2.99. The lowest BCUT2D eigenvalue weighted by Gasteiger charge is -2.34. The molecule has 1 N–H and O–H groups in total. The van der Waals surface area contributed by atoms with E-state index in [4.69, 9.17) is 0 Å². The molecule has 1 rings (SSSR count). The summed E-state index contributed by atoms with van der Waals surface area (Å²) in [5, 5.41) is 3.04. The van der Waals surface area contributed by atoms with Crippen LogP contribution in [0.15, 0.2) is 40.2 Å². The standard InChI is InChI=1S/C15H23BrN2O2S/c1-6-9-18(15(2,3)4)21(19,20)14-8-7-12(11-17-5)10-13(14)16/h6-8,10,17H,1,9,11H2,2-5H3. The molecule has 0 amide bonds. The Hall–Kier alpha value is -0.690. The summed E-state index contributed by atoms with van der Waals surface area (Å²) in [6, 6.07) is 5.30. The highest BCUT2D eigenvalue weighted by Crippen LogP contribution is 2.30. The molecule has 118 valence electrons. The van der Waals surface area contributed by atoms with Gasteiger partial charge in [-0.1, -0.05) is 12.1 Å². The molecule has 0 saturated carbocycles. The lowest BCUT2D eigenvalue weighted by atomic mass is 10.1. The van der Waals surface area contributed by atoms with Crippen molar-refractivity contribution in [2.45, 2.75) is 37.8 Å². The minimum Gasteiger partial charge on any atom is -0.316 e. The maximum atomic E-state index is 12.9. The van der Waals surface area contributed by atoms with Crippen molar-refractivity contribution < 1.29 is 8.42 Å². The Morgan fingerprint density at radius 3 is 2.43 bits per heavy atom. The zero-order valence-corrected chi connectivity index (χ0v) is 15.4. The van der Waals surface area contributed by atoms with E-state index in [-0.39, 0.29) is 11.4 Å². The van der Waals surface area contributed by atoms with Crippen molar-refractivity contribution in [3.63, 3.8) is 0 Å². The van der Waals surface area contributed by atoms with Crippen molar-refractivity contribution in [3.8, 4) is 0 Å². The third-order valence-corrected chi connectivity index (χ3v) is 6.10. The lowest BCUT2D eigenvalue weighted by molar-refractivity contribution is 0.269. The van der Waals surface area contributed by atoms with Gasteiger partial charge in [0.05, 0.1) is 4.90 Å². The molecule has 0 bridgehead atoms. The van der Waals surface area contributed by atoms with Gasteiger partial charge in [-0.25, -0.2) is 8.42 Å². The van der Waals surface area contributed by atoms with E-state index >= 15 is 0 Å². The van der Waals surface area contributed by atoms with E-state index in [1.807, 2.05) is 40.0 Å². The van der Waals surface area contributed by atoms with Gasteiger partial charge in [-0.3, -0.25) is 0 Å². The van der Waals surface area contributed by atoms with Gasteiger partial charge in [0.2, 0.25) is 10.0 Å². The summed E-state index contributed by atoms with van der Waals surface area (Å²) in [5.74, 6) is 0. The second-order valence-electron chi connectivity index (χ2n) is 5.79. The molecule has 0 unspecified atom stereocenters. The zero-order valence-electron chi connectivity index (χ0n) is 13.0. The Bertz CT molecular complexity index is 607. The van der Waals surface area contributed by atoms with E-state index in [0.29, 0.717) is 11.0 Å². The van der Waals surface area contributed by atoms with Gasteiger partial charge in [0.25, 0.3) is 0 Å². The second-order valence-corrected chi connectivity index (χ2v) is 8.48. The smallest absolute Gasteiger partial charge is 0.244 e. The van der Waals surface area contributed by atoms with E-state index in [0.717, 1.165) is 5.56 Å². The van der Waals surface area contributed by atoms with E-state index in [9.17, 15) is 8.42 Å². The van der Waals surface area contributed by atoms with Crippen LogP contribution in [-0.4, -0.2) is 31.9 Å². The number of benzene rings is 1. The summed E-state index contributed by atoms with van der Waals surface area (Å²) in [7, 11) is -1.74. The van der Waals surface area contributed by atoms with Crippen LogP contribution in [0.2, 0.25) is 0 Å². The van der Waals surface area contributed by atoms with Gasteiger partial charge in [0, 0.05) is 23.1 Å². The highest BCUT2D eigenvalue weighted by Gasteiger charge is 2.34. The predicted octanol–water partition coefficient (Wildman–Crippen LogP) is 3.14. The van der Waals surface area contributed by atoms with E-state index in [1.54, 1.807) is 12.1 Å². The minimum absolute atomic E-state index is 0.274. The Morgan fingerprint density at radius 2 is 2.00 bits per heavy atom. The molecule has 0 aliphatic heterocycles. The van der Waals surface area contributed by atoms with Gasteiger partial charge in [-0.2, -0.15) is 4.31 Å². The summed E-state index contributed by atoms with van der Waals surface area (Å²) in [4.78, 5) is 0.277. The number of rotatable bonds is 6. The fourth-order valence-electron chi connectivity index (χ4n) is 2.04. The van der Waals surface area contributed by atoms with Crippen LogP contribution in [0.3, 0.4) is 0 Å². The molecule has 0 fully saturated rings. The highest BCUT2D eigenvalue weighted by atomic mass is 79.9. The largest absolute Gasteiger partial charge is 0.316 e. The Labute approximate surface area is 136 Å². The average molecular weight is 375 g/mol. The van der Waals surface area contributed by atoms with Crippen LogP contribution in [0.25, 0.3) is 0 Å². The summed E-state index contributed by atoms with van der Waals surface area (Å²) in [5.41, 5.74) is 0.505. The number of sulfonamides is 1. The monoisotopic (exact) mass is 374 g/mol. The van der Waals surface area contributed by atoms with Crippen LogP contribution in [-0.2, 0) is 16.6 Å². The first-order valence-electron chi connectivity index (χ1n) is 6.71. The van der Waals surface area contributed by atoms with Gasteiger partial charge in [0.1, 0.15) is 0 Å². The third kappa shape index (κ3) is 4.39. The fraction of sp³-hybridized carbons (Fsp3) is 0.467. The maximum Gasteiger partial charge on any atom is 0.244 e. The van der Waals surface area contributed by atoms with Crippen LogP contribution in [0.5, 0.6) is 0 Å². The number of nitrogens with zero attached hydrogens (tertiary/aromatic N) is 1. The van der Waals surface area contributed by atoms with Crippen LogP contribution < -0.4 is 5.32 Å². The molecule has 0 saturated heterocycles. The number of hydrogen-bond donors (Lipinski definition) is 1. The quantitative estimate of drug-likeness (QED) is 0.778. The van der Waals surface area contributed by atoms with E-state index in [2.05, 4.69) is 27.8 Å². The van der Waals surface area contributed by atoms with E-state index < -0.39 is 15.6 Å². The summed E-state index contributed by atoms with van der Waals surface area (Å²) >= 11 is 3.38. The molecule has 21 heavy (non-hydrogen) atoms. The molecule has 0 radical (unpaired) electrons. The molecule has 0 heterocycles. The molecule has 0 aromatic heterocycles. The molecule has 6 heteroatoms. The average Bonchev–Trinajstić information content (AvgIpc) is 2.34. The maximum absolute atomic E-state index is 12.9. The van der Waals surface area contributed by atoms with Crippen molar-refractivity contribution in [1.29, 1.82) is 0 Å². The molecule has 4 nitrogen and oxygen atoms in total. The molecule has 0 spiro atoms. The van der Waals surface area contributed by atoms with E-state index in [1.165, 1.54) is 4.31 Å². The van der Waals surface area contributed by atoms with Gasteiger partial charge in [0.15, 0.2) is 0 Å². The first-order chi connectivity index (χ1) is 9.64. The van der Waals surface area contributed by atoms with Crippen LogP contribution in [0, 0.1) is 0 Å². The lowest BCUT2D eigenvalue weighted by Crippen LogP contribution is -2.45. The Balaban J connectivity index is 3.32. The number of hydrogen-bond acceptors (Lipinski definition) is 3. The number of halogens is 1. The van der Waals surface area contributed by atoms with Crippen LogP contribution in [0.1, 0.15) is 26.3 Å². The van der Waals surface area contributed by atoms with Crippen molar-refractivity contribution >= 4 is 26.0 Å². The normalized spacial score (nSPS) is 12.7. The van der Waals surface area contributed by atoms with Crippen molar-refractivity contribution in [2.24, 2.45) is 0 Å². The highest BCUT2D eigenvalue weighted by molar-refractivity contribution is 9.10. The van der Waals surface area contributed by atoms with Gasteiger partial charge in [-0.05, 0) is 61.4 Å². The van der Waals surface area contributed by atoms with Gasteiger partial charge < -0.3 is 5.32 Å². The topological polar surface area (TPSA) is 49.4 Å². The molecule has 1 aromatic rings. The molecular weight excluding hydrogens is 352 g/mol. The first kappa shape index (κ1) is 18.4. The Kier molecular flexibility index (Phi) is 6.16. The van der Waals surface area contributed by atoms with Crippen molar-refractivity contribution in [3.05, 3.63) is 40.9 Å². The molecular formula is C15H23BrN2O2S. The van der Waals surface area contributed by atoms with Crippen molar-refractivity contribution in [2.75, 3.05) is 13.6 Å². The second kappa shape index (κ2) is 7.05. The summed E-state index contributed by atoms with van der Waals surface area (Å²) in [6.07, 6.45) is 1.60. The molecule has 1 aromatic carbocycles. The number of nitrogens with one attached hydrogen (secondary N) is 1. The first-order valence-corrected chi connectivity index (χ1v) is 8.94. The van der Waals surface area contributed by atoms with Crippen LogP contribution >= 0.6 is 15.9 Å². The van der Waals surface area contributed by atoms with Crippen LogP contribution in [0.4, 0.5) is 0 Å². The fourth-order valence-corrected chi connectivity index (χ4v) is 4.88. The molecule has 0 atom stereocenters. The van der Waals surface area contributed by atoms with Gasteiger partial charge >= 0.3 is 0 Å². The van der Waals surface area contributed by atoms with Crippen molar-refractivity contribution in [1.82, 2.24) is 9.62 Å². The summed E-state index contributed by atoms with van der Waals surface area (Å²) < 4.78 is 27.8. The predicted molar refractivity (Wildman–Crippen MR) is 90.7 cm³/mol. The molecule has 0 aliphatic rings. The Morgan fingerprint density at radius 1 is 1.38 bits per heavy atom. The molecule has 0 aliphatic carbocycles. The minimum atomic E-state index is -3.59. The SMILES string of the molecule is C=CCN(C(C)(C)C)S(=O)(=O)c1ccc(CNC)cc1Br.